The van der Waals surface area contributed by atoms with E-state index in [2.05, 4.69) is 5.32 Å². The molecular weight excluding hydrogens is 254 g/mol. The minimum Gasteiger partial charge on any atom is -0.481 e. The van der Waals surface area contributed by atoms with Gasteiger partial charge in [-0.3, -0.25) is 9.59 Å². The molecular formula is C16H19NO3. The molecule has 4 heteroatoms. The Labute approximate surface area is 118 Å². The van der Waals surface area contributed by atoms with Gasteiger partial charge in [0.15, 0.2) is 0 Å². The molecule has 2 aliphatic carbocycles. The summed E-state index contributed by atoms with van der Waals surface area (Å²) in [4.78, 5) is 23.9. The summed E-state index contributed by atoms with van der Waals surface area (Å²) in [5, 5.41) is 12.3. The number of anilines is 1. The predicted octanol–water partition coefficient (Wildman–Crippen LogP) is 2.68. The molecule has 4 atom stereocenters. The second-order valence-electron chi connectivity index (χ2n) is 6.08. The van der Waals surface area contributed by atoms with Gasteiger partial charge < -0.3 is 10.4 Å². The normalized spacial score (nSPS) is 31.2. The molecule has 3 rings (SSSR count). The summed E-state index contributed by atoms with van der Waals surface area (Å²) in [5.74, 6) is -1.39. The fourth-order valence-electron chi connectivity index (χ4n) is 3.89. The highest BCUT2D eigenvalue weighted by Crippen LogP contribution is 2.52. The maximum Gasteiger partial charge on any atom is 0.307 e. The number of hydrogen-bond acceptors (Lipinski definition) is 2. The number of fused-ring (bicyclic) bond motifs is 2. The molecule has 0 aromatic heterocycles. The lowest BCUT2D eigenvalue weighted by Gasteiger charge is -2.27. The maximum absolute atomic E-state index is 12.4. The molecule has 0 unspecified atom stereocenters. The van der Waals surface area contributed by atoms with E-state index in [1.807, 2.05) is 31.2 Å². The van der Waals surface area contributed by atoms with Crippen molar-refractivity contribution in [2.75, 3.05) is 5.32 Å². The number of rotatable bonds is 3. The zero-order valence-electron chi connectivity index (χ0n) is 11.5. The first kappa shape index (κ1) is 13.2. The number of aryl methyl sites for hydroxylation is 1. The van der Waals surface area contributed by atoms with Crippen molar-refractivity contribution in [3.05, 3.63) is 29.8 Å². The van der Waals surface area contributed by atoms with Crippen molar-refractivity contribution in [2.24, 2.45) is 23.7 Å². The van der Waals surface area contributed by atoms with E-state index in [9.17, 15) is 14.7 Å². The summed E-state index contributed by atoms with van der Waals surface area (Å²) in [6.07, 6.45) is 2.83. The number of amides is 1. The number of benzene rings is 1. The fraction of sp³-hybridized carbons (Fsp3) is 0.500. The van der Waals surface area contributed by atoms with Gasteiger partial charge in [0.1, 0.15) is 0 Å². The topological polar surface area (TPSA) is 66.4 Å². The van der Waals surface area contributed by atoms with Crippen molar-refractivity contribution in [3.63, 3.8) is 0 Å². The summed E-state index contributed by atoms with van der Waals surface area (Å²) in [6.45, 7) is 1.99. The number of hydrogen-bond donors (Lipinski definition) is 2. The first-order valence-corrected chi connectivity index (χ1v) is 7.16. The predicted molar refractivity (Wildman–Crippen MR) is 75.3 cm³/mol. The number of carboxylic acid groups (broad SMARTS) is 1. The van der Waals surface area contributed by atoms with Crippen LogP contribution in [-0.2, 0) is 9.59 Å². The Morgan fingerprint density at radius 1 is 1.10 bits per heavy atom. The first-order chi connectivity index (χ1) is 9.56. The summed E-state index contributed by atoms with van der Waals surface area (Å²) >= 11 is 0. The maximum atomic E-state index is 12.4. The molecule has 1 aromatic carbocycles. The highest BCUT2D eigenvalue weighted by atomic mass is 16.4. The van der Waals surface area contributed by atoms with Gasteiger partial charge >= 0.3 is 5.97 Å². The van der Waals surface area contributed by atoms with Crippen LogP contribution in [-0.4, -0.2) is 17.0 Å². The van der Waals surface area contributed by atoms with Gasteiger partial charge in [-0.2, -0.15) is 0 Å². The third kappa shape index (κ3) is 2.19. The van der Waals surface area contributed by atoms with E-state index in [-0.39, 0.29) is 23.7 Å². The van der Waals surface area contributed by atoms with Crippen LogP contribution in [0.1, 0.15) is 24.8 Å². The molecule has 0 saturated heterocycles. The lowest BCUT2D eigenvalue weighted by molar-refractivity contribution is -0.148. The Hall–Kier alpha value is -1.84. The lowest BCUT2D eigenvalue weighted by atomic mass is 9.78. The highest BCUT2D eigenvalue weighted by molar-refractivity contribution is 5.96. The molecule has 2 saturated carbocycles. The van der Waals surface area contributed by atoms with Crippen LogP contribution >= 0.6 is 0 Å². The van der Waals surface area contributed by atoms with Crippen LogP contribution in [0.5, 0.6) is 0 Å². The summed E-state index contributed by atoms with van der Waals surface area (Å²) in [5.41, 5.74) is 1.87. The third-order valence-electron chi connectivity index (χ3n) is 4.82. The molecule has 2 N–H and O–H groups in total. The van der Waals surface area contributed by atoms with Gasteiger partial charge in [-0.05, 0) is 50.2 Å². The van der Waals surface area contributed by atoms with E-state index in [1.165, 1.54) is 0 Å². The van der Waals surface area contributed by atoms with Gasteiger partial charge in [-0.15, -0.1) is 0 Å². The van der Waals surface area contributed by atoms with Crippen molar-refractivity contribution in [3.8, 4) is 0 Å². The van der Waals surface area contributed by atoms with Gasteiger partial charge in [0, 0.05) is 5.69 Å². The van der Waals surface area contributed by atoms with Crippen LogP contribution in [0.3, 0.4) is 0 Å². The van der Waals surface area contributed by atoms with Crippen LogP contribution < -0.4 is 5.32 Å². The first-order valence-electron chi connectivity index (χ1n) is 7.16. The van der Waals surface area contributed by atoms with Crippen molar-refractivity contribution >= 4 is 17.6 Å². The van der Waals surface area contributed by atoms with Crippen LogP contribution in [0, 0.1) is 30.6 Å². The second-order valence-corrected chi connectivity index (χ2v) is 6.08. The molecule has 2 aliphatic rings. The summed E-state index contributed by atoms with van der Waals surface area (Å²) < 4.78 is 0. The van der Waals surface area contributed by atoms with E-state index in [4.69, 9.17) is 0 Å². The summed E-state index contributed by atoms with van der Waals surface area (Å²) in [6, 6.07) is 7.59. The van der Waals surface area contributed by atoms with E-state index >= 15 is 0 Å². The molecule has 106 valence electrons. The number of carbonyl (C=O) groups excluding carboxylic acids is 1. The van der Waals surface area contributed by atoms with Gasteiger partial charge in [0.25, 0.3) is 0 Å². The Bertz CT molecular complexity index is 537. The van der Waals surface area contributed by atoms with Crippen molar-refractivity contribution < 1.29 is 14.7 Å². The van der Waals surface area contributed by atoms with E-state index < -0.39 is 11.9 Å². The van der Waals surface area contributed by atoms with Crippen molar-refractivity contribution in [2.45, 2.75) is 26.2 Å². The van der Waals surface area contributed by atoms with Crippen LogP contribution in [0.2, 0.25) is 0 Å². The van der Waals surface area contributed by atoms with Crippen LogP contribution in [0.4, 0.5) is 5.69 Å². The molecule has 2 fully saturated rings. The molecule has 0 heterocycles. The van der Waals surface area contributed by atoms with Crippen LogP contribution in [0.15, 0.2) is 24.3 Å². The molecule has 0 aliphatic heterocycles. The lowest BCUT2D eigenvalue weighted by Crippen LogP contribution is -2.37. The highest BCUT2D eigenvalue weighted by Gasteiger charge is 2.53. The molecule has 0 radical (unpaired) electrons. The molecule has 20 heavy (non-hydrogen) atoms. The minimum absolute atomic E-state index is 0.131. The van der Waals surface area contributed by atoms with Crippen LogP contribution in [0.25, 0.3) is 0 Å². The Balaban J connectivity index is 1.76. The van der Waals surface area contributed by atoms with Gasteiger partial charge in [-0.1, -0.05) is 17.7 Å². The standard InChI is InChI=1S/C16H19NO3/c1-9-2-6-12(7-3-9)17-15(18)13-10-4-5-11(8-10)14(13)16(19)20/h2-3,6-7,10-11,13-14H,4-5,8H2,1H3,(H,17,18)(H,19,20)/t10-,11-,13+,14+/m0/s1. The zero-order chi connectivity index (χ0) is 14.3. The van der Waals surface area contributed by atoms with Gasteiger partial charge in [-0.25, -0.2) is 0 Å². The Kier molecular flexibility index (Phi) is 3.24. The quantitative estimate of drug-likeness (QED) is 0.889. The molecule has 1 amide bonds. The second kappa shape index (κ2) is 4.93. The minimum atomic E-state index is -0.818. The Morgan fingerprint density at radius 3 is 2.30 bits per heavy atom. The fourth-order valence-corrected chi connectivity index (χ4v) is 3.89. The van der Waals surface area contributed by atoms with E-state index in [0.717, 1.165) is 30.5 Å². The van der Waals surface area contributed by atoms with E-state index in [1.54, 1.807) is 0 Å². The largest absolute Gasteiger partial charge is 0.481 e. The molecule has 2 bridgehead atoms. The Morgan fingerprint density at radius 2 is 1.70 bits per heavy atom. The van der Waals surface area contributed by atoms with Crippen molar-refractivity contribution in [1.82, 2.24) is 0 Å². The SMILES string of the molecule is Cc1ccc(NC(=O)[C@@H]2[C@H]3CC[C@@H](C3)[C@H]2C(=O)O)cc1. The number of nitrogens with one attached hydrogen (secondary N) is 1. The molecule has 4 nitrogen and oxygen atoms in total. The molecule has 1 aromatic rings. The van der Waals surface area contributed by atoms with Gasteiger partial charge in [0.2, 0.25) is 5.91 Å². The monoisotopic (exact) mass is 273 g/mol. The smallest absolute Gasteiger partial charge is 0.307 e. The van der Waals surface area contributed by atoms with E-state index in [0.29, 0.717) is 0 Å². The third-order valence-corrected chi connectivity index (χ3v) is 4.82. The summed E-state index contributed by atoms with van der Waals surface area (Å²) in [7, 11) is 0. The van der Waals surface area contributed by atoms with Gasteiger partial charge in [0.05, 0.1) is 11.8 Å². The van der Waals surface area contributed by atoms with Crippen molar-refractivity contribution in [1.29, 1.82) is 0 Å². The molecule has 0 spiro atoms. The number of carbonyl (C=O) groups is 2. The number of carboxylic acids is 1. The average molecular weight is 273 g/mol. The zero-order valence-corrected chi connectivity index (χ0v) is 11.5. The average Bonchev–Trinajstić information content (AvgIpc) is 3.01. The number of aliphatic carboxylic acids is 1.